The van der Waals surface area contributed by atoms with Crippen LogP contribution < -0.4 is 0 Å². The van der Waals surface area contributed by atoms with E-state index in [2.05, 4.69) is 43.9 Å². The number of aryl methyl sites for hydroxylation is 1. The fourth-order valence-corrected chi connectivity index (χ4v) is 1.71. The first-order valence-corrected chi connectivity index (χ1v) is 5.57. The molecule has 0 saturated carbocycles. The second-order valence-corrected chi connectivity index (χ2v) is 3.95. The molecule has 15 heavy (non-hydrogen) atoms. The Labute approximate surface area is 92.5 Å². The number of rotatable bonds is 5. The fraction of sp³-hybridized carbons (Fsp3) is 0.538. The maximum Gasteiger partial charge on any atom is 0.0558 e. The first-order chi connectivity index (χ1) is 7.19. The lowest BCUT2D eigenvalue weighted by Crippen LogP contribution is -2.26. The summed E-state index contributed by atoms with van der Waals surface area (Å²) in [7, 11) is 0. The average molecular weight is 207 g/mol. The van der Waals surface area contributed by atoms with Crippen LogP contribution in [0.4, 0.5) is 0 Å². The Morgan fingerprint density at radius 2 is 2.00 bits per heavy atom. The highest BCUT2D eigenvalue weighted by molar-refractivity contribution is 5.32. The Hall–Kier alpha value is -0.860. The van der Waals surface area contributed by atoms with Crippen molar-refractivity contribution in [2.45, 2.75) is 27.3 Å². The molecule has 1 N–H and O–H groups in total. The van der Waals surface area contributed by atoms with Crippen molar-refractivity contribution in [1.82, 2.24) is 4.90 Å². The van der Waals surface area contributed by atoms with E-state index in [1.54, 1.807) is 0 Å². The minimum absolute atomic E-state index is 0.235. The number of nitrogens with zero attached hydrogens (tertiary/aromatic N) is 1. The Morgan fingerprint density at radius 1 is 1.27 bits per heavy atom. The molecule has 1 aromatic carbocycles. The van der Waals surface area contributed by atoms with Crippen LogP contribution in [0.15, 0.2) is 18.2 Å². The first-order valence-electron chi connectivity index (χ1n) is 5.57. The van der Waals surface area contributed by atoms with E-state index in [-0.39, 0.29) is 6.61 Å². The maximum absolute atomic E-state index is 8.93. The van der Waals surface area contributed by atoms with Gasteiger partial charge in [-0.05, 0) is 37.1 Å². The van der Waals surface area contributed by atoms with Crippen LogP contribution in [-0.2, 0) is 6.54 Å². The van der Waals surface area contributed by atoms with Gasteiger partial charge in [-0.25, -0.2) is 0 Å². The standard InChI is InChI=1S/C13H21NO/c1-4-14(8-9-15)10-13-7-5-6-11(2)12(13)3/h5-7,15H,4,8-10H2,1-3H3. The third-order valence-corrected chi connectivity index (χ3v) is 2.97. The van der Waals surface area contributed by atoms with Gasteiger partial charge in [-0.1, -0.05) is 25.1 Å². The molecule has 84 valence electrons. The van der Waals surface area contributed by atoms with E-state index in [4.69, 9.17) is 5.11 Å². The molecular formula is C13H21NO. The minimum Gasteiger partial charge on any atom is -0.395 e. The maximum atomic E-state index is 8.93. The van der Waals surface area contributed by atoms with Crippen LogP contribution in [0, 0.1) is 13.8 Å². The Balaban J connectivity index is 2.74. The molecule has 0 fully saturated rings. The van der Waals surface area contributed by atoms with Crippen LogP contribution in [0.25, 0.3) is 0 Å². The smallest absolute Gasteiger partial charge is 0.0558 e. The van der Waals surface area contributed by atoms with Crippen molar-refractivity contribution in [3.05, 3.63) is 34.9 Å². The summed E-state index contributed by atoms with van der Waals surface area (Å²) in [6, 6.07) is 6.41. The van der Waals surface area contributed by atoms with Gasteiger partial charge in [0.1, 0.15) is 0 Å². The van der Waals surface area contributed by atoms with Gasteiger partial charge in [0.05, 0.1) is 6.61 Å². The van der Waals surface area contributed by atoms with E-state index < -0.39 is 0 Å². The normalized spacial score (nSPS) is 11.0. The van der Waals surface area contributed by atoms with Crippen molar-refractivity contribution < 1.29 is 5.11 Å². The van der Waals surface area contributed by atoms with Crippen molar-refractivity contribution in [2.24, 2.45) is 0 Å². The highest BCUT2D eigenvalue weighted by Crippen LogP contribution is 2.14. The number of hydrogen-bond donors (Lipinski definition) is 1. The van der Waals surface area contributed by atoms with Crippen LogP contribution >= 0.6 is 0 Å². The molecule has 1 aromatic rings. The van der Waals surface area contributed by atoms with Crippen molar-refractivity contribution in [1.29, 1.82) is 0 Å². The van der Waals surface area contributed by atoms with Crippen molar-refractivity contribution >= 4 is 0 Å². The fourth-order valence-electron chi connectivity index (χ4n) is 1.71. The van der Waals surface area contributed by atoms with Gasteiger partial charge >= 0.3 is 0 Å². The third-order valence-electron chi connectivity index (χ3n) is 2.97. The van der Waals surface area contributed by atoms with E-state index in [0.717, 1.165) is 19.6 Å². The molecule has 1 rings (SSSR count). The second-order valence-electron chi connectivity index (χ2n) is 3.95. The number of likely N-dealkylation sites (N-methyl/N-ethyl adjacent to an activating group) is 1. The van der Waals surface area contributed by atoms with Crippen LogP contribution in [0.5, 0.6) is 0 Å². The Bertz CT molecular complexity index is 309. The summed E-state index contributed by atoms with van der Waals surface area (Å²) in [6.07, 6.45) is 0. The molecule has 0 unspecified atom stereocenters. The summed E-state index contributed by atoms with van der Waals surface area (Å²) in [4.78, 5) is 2.25. The summed E-state index contributed by atoms with van der Waals surface area (Å²) in [5.74, 6) is 0. The second kappa shape index (κ2) is 5.89. The zero-order chi connectivity index (χ0) is 11.3. The predicted molar refractivity (Wildman–Crippen MR) is 64.0 cm³/mol. The average Bonchev–Trinajstić information content (AvgIpc) is 2.24. The van der Waals surface area contributed by atoms with Crippen LogP contribution in [0.2, 0.25) is 0 Å². The molecule has 0 aliphatic heterocycles. The molecule has 0 atom stereocenters. The Kier molecular flexibility index (Phi) is 4.79. The van der Waals surface area contributed by atoms with Gasteiger partial charge in [-0.15, -0.1) is 0 Å². The summed E-state index contributed by atoms with van der Waals surface area (Å²) in [6.45, 7) is 9.33. The zero-order valence-corrected chi connectivity index (χ0v) is 9.95. The molecule has 2 heteroatoms. The molecular weight excluding hydrogens is 186 g/mol. The molecule has 0 aliphatic rings. The highest BCUT2D eigenvalue weighted by atomic mass is 16.3. The molecule has 0 heterocycles. The van der Waals surface area contributed by atoms with Gasteiger partial charge in [0, 0.05) is 13.1 Å². The van der Waals surface area contributed by atoms with E-state index in [0.29, 0.717) is 0 Å². The minimum atomic E-state index is 0.235. The summed E-state index contributed by atoms with van der Waals surface area (Å²) < 4.78 is 0. The van der Waals surface area contributed by atoms with E-state index in [1.165, 1.54) is 16.7 Å². The largest absolute Gasteiger partial charge is 0.395 e. The molecule has 0 aromatic heterocycles. The molecule has 0 bridgehead atoms. The molecule has 0 saturated heterocycles. The number of aliphatic hydroxyl groups excluding tert-OH is 1. The molecule has 0 amide bonds. The van der Waals surface area contributed by atoms with Gasteiger partial charge in [0.15, 0.2) is 0 Å². The highest BCUT2D eigenvalue weighted by Gasteiger charge is 2.05. The third kappa shape index (κ3) is 3.33. The summed E-state index contributed by atoms with van der Waals surface area (Å²) in [5.41, 5.74) is 4.08. The number of aliphatic hydroxyl groups is 1. The SMILES string of the molecule is CCN(CCO)Cc1cccc(C)c1C. The van der Waals surface area contributed by atoms with Crippen LogP contribution in [0.3, 0.4) is 0 Å². The van der Waals surface area contributed by atoms with E-state index in [1.807, 2.05) is 0 Å². The lowest BCUT2D eigenvalue weighted by molar-refractivity contribution is 0.196. The van der Waals surface area contributed by atoms with E-state index in [9.17, 15) is 0 Å². The van der Waals surface area contributed by atoms with E-state index >= 15 is 0 Å². The molecule has 0 radical (unpaired) electrons. The Morgan fingerprint density at radius 3 is 2.60 bits per heavy atom. The topological polar surface area (TPSA) is 23.5 Å². The van der Waals surface area contributed by atoms with Crippen molar-refractivity contribution in [2.75, 3.05) is 19.7 Å². The zero-order valence-electron chi connectivity index (χ0n) is 9.95. The molecule has 0 spiro atoms. The van der Waals surface area contributed by atoms with Crippen molar-refractivity contribution in [3.63, 3.8) is 0 Å². The van der Waals surface area contributed by atoms with Gasteiger partial charge in [-0.2, -0.15) is 0 Å². The molecule has 2 nitrogen and oxygen atoms in total. The lowest BCUT2D eigenvalue weighted by Gasteiger charge is -2.20. The van der Waals surface area contributed by atoms with Gasteiger partial charge < -0.3 is 5.11 Å². The van der Waals surface area contributed by atoms with Gasteiger partial charge in [0.25, 0.3) is 0 Å². The summed E-state index contributed by atoms with van der Waals surface area (Å²) >= 11 is 0. The lowest BCUT2D eigenvalue weighted by atomic mass is 10.0. The van der Waals surface area contributed by atoms with Gasteiger partial charge in [-0.3, -0.25) is 4.90 Å². The summed E-state index contributed by atoms with van der Waals surface area (Å²) in [5, 5.41) is 8.93. The van der Waals surface area contributed by atoms with Crippen LogP contribution in [-0.4, -0.2) is 29.7 Å². The number of hydrogen-bond acceptors (Lipinski definition) is 2. The predicted octanol–water partition coefficient (Wildman–Crippen LogP) is 2.12. The first kappa shape index (κ1) is 12.2. The molecule has 0 aliphatic carbocycles. The van der Waals surface area contributed by atoms with Gasteiger partial charge in [0.2, 0.25) is 0 Å². The number of benzene rings is 1. The van der Waals surface area contributed by atoms with Crippen LogP contribution in [0.1, 0.15) is 23.6 Å². The van der Waals surface area contributed by atoms with Crippen molar-refractivity contribution in [3.8, 4) is 0 Å². The quantitative estimate of drug-likeness (QED) is 0.799. The monoisotopic (exact) mass is 207 g/mol.